The quantitative estimate of drug-likeness (QED) is 0.411. The molecule has 1 amide bonds. The average Bonchev–Trinajstić information content (AvgIpc) is 3.31. The molecular formula is C26H30N6O3. The van der Waals surface area contributed by atoms with E-state index in [2.05, 4.69) is 34.1 Å². The minimum atomic E-state index is -0.471. The second-order valence-electron chi connectivity index (χ2n) is 8.73. The van der Waals surface area contributed by atoms with Crippen molar-refractivity contribution in [1.29, 1.82) is 0 Å². The monoisotopic (exact) mass is 474 g/mol. The Morgan fingerprint density at radius 2 is 1.91 bits per heavy atom. The number of rotatable bonds is 7. The summed E-state index contributed by atoms with van der Waals surface area (Å²) >= 11 is 0. The number of hydrogen-bond acceptors (Lipinski definition) is 7. The Morgan fingerprint density at radius 3 is 2.69 bits per heavy atom. The van der Waals surface area contributed by atoms with Crippen molar-refractivity contribution >= 4 is 33.5 Å². The number of aromatic nitrogens is 3. The Kier molecular flexibility index (Phi) is 6.52. The van der Waals surface area contributed by atoms with Crippen LogP contribution in [0.15, 0.2) is 54.9 Å². The number of nitrogens with zero attached hydrogens (tertiary/aromatic N) is 5. The van der Waals surface area contributed by atoms with Crippen molar-refractivity contribution in [2.75, 3.05) is 51.4 Å². The lowest BCUT2D eigenvalue weighted by atomic mass is 10.1. The fourth-order valence-corrected chi connectivity index (χ4v) is 4.47. The third-order valence-corrected chi connectivity index (χ3v) is 6.33. The molecule has 0 saturated carbocycles. The molecule has 5 rings (SSSR count). The lowest BCUT2D eigenvalue weighted by molar-refractivity contribution is -0.132. The van der Waals surface area contributed by atoms with Crippen LogP contribution in [0.3, 0.4) is 0 Å². The van der Waals surface area contributed by atoms with Crippen LogP contribution >= 0.6 is 0 Å². The average molecular weight is 475 g/mol. The number of piperazine rings is 1. The van der Waals surface area contributed by atoms with Gasteiger partial charge in [0.25, 0.3) is 0 Å². The van der Waals surface area contributed by atoms with Crippen LogP contribution in [0.1, 0.15) is 6.92 Å². The predicted molar refractivity (Wildman–Crippen MR) is 136 cm³/mol. The lowest BCUT2D eigenvalue weighted by Gasteiger charge is -2.37. The van der Waals surface area contributed by atoms with Crippen LogP contribution in [0.5, 0.6) is 5.75 Å². The normalized spacial score (nSPS) is 15.1. The smallest absolute Gasteiger partial charge is 0.239 e. The lowest BCUT2D eigenvalue weighted by Crippen LogP contribution is -2.52. The minimum absolute atomic E-state index is 0.00206. The molecule has 0 unspecified atom stereocenters. The molecule has 1 aliphatic heterocycles. The molecule has 0 spiro atoms. The fourth-order valence-electron chi connectivity index (χ4n) is 4.47. The molecule has 2 N–H and O–H groups in total. The van der Waals surface area contributed by atoms with Gasteiger partial charge in [-0.1, -0.05) is 12.1 Å². The van der Waals surface area contributed by atoms with Crippen molar-refractivity contribution in [3.63, 3.8) is 0 Å². The maximum absolute atomic E-state index is 12.3. The first-order valence-electron chi connectivity index (χ1n) is 11.8. The molecule has 9 heteroatoms. The van der Waals surface area contributed by atoms with Crippen molar-refractivity contribution in [3.05, 3.63) is 54.9 Å². The zero-order valence-corrected chi connectivity index (χ0v) is 20.1. The van der Waals surface area contributed by atoms with Crippen LogP contribution in [-0.4, -0.2) is 77.9 Å². The zero-order valence-electron chi connectivity index (χ0n) is 20.1. The van der Waals surface area contributed by atoms with Crippen LogP contribution in [-0.2, 0) is 9.53 Å². The fraction of sp³-hybridized carbons (Fsp3) is 0.346. The first-order chi connectivity index (χ1) is 17.0. The van der Waals surface area contributed by atoms with Crippen molar-refractivity contribution in [1.82, 2.24) is 19.4 Å². The maximum atomic E-state index is 12.3. The van der Waals surface area contributed by atoms with Gasteiger partial charge in [0.05, 0.1) is 34.9 Å². The molecule has 1 saturated heterocycles. The molecule has 0 radical (unpaired) electrons. The standard InChI is InChI=1S/C26H30N6O3/c1-18(27)26(33)31-12-10-30(11-13-31)23-5-3-4-19-6-9-24(29-25(19)23)32-17-28-21-16-20(7-8-22(21)32)35-15-14-34-2/h3-9,16-18H,10-15,27H2,1-2H3/t18-/m0/s1. The van der Waals surface area contributed by atoms with Gasteiger partial charge in [-0.2, -0.15) is 0 Å². The number of para-hydroxylation sites is 1. The summed E-state index contributed by atoms with van der Waals surface area (Å²) in [6.07, 6.45) is 1.79. The Balaban J connectivity index is 1.43. The van der Waals surface area contributed by atoms with E-state index in [0.717, 1.165) is 52.3 Å². The number of pyridine rings is 1. The summed E-state index contributed by atoms with van der Waals surface area (Å²) in [5.41, 5.74) is 9.58. The number of imidazole rings is 1. The van der Waals surface area contributed by atoms with E-state index in [0.29, 0.717) is 26.3 Å². The molecular weight excluding hydrogens is 444 g/mol. The van der Waals surface area contributed by atoms with Gasteiger partial charge < -0.3 is 25.0 Å². The molecule has 35 heavy (non-hydrogen) atoms. The molecule has 9 nitrogen and oxygen atoms in total. The van der Waals surface area contributed by atoms with E-state index in [1.807, 2.05) is 33.7 Å². The van der Waals surface area contributed by atoms with E-state index >= 15 is 0 Å². The number of ether oxygens (including phenoxy) is 2. The summed E-state index contributed by atoms with van der Waals surface area (Å²) < 4.78 is 12.8. The summed E-state index contributed by atoms with van der Waals surface area (Å²) in [7, 11) is 1.65. The number of methoxy groups -OCH3 is 1. The highest BCUT2D eigenvalue weighted by Gasteiger charge is 2.24. The van der Waals surface area contributed by atoms with Gasteiger partial charge in [-0.05, 0) is 37.3 Å². The van der Waals surface area contributed by atoms with E-state index in [-0.39, 0.29) is 5.91 Å². The molecule has 2 aromatic heterocycles. The van der Waals surface area contributed by atoms with Crippen LogP contribution in [0.2, 0.25) is 0 Å². The van der Waals surface area contributed by atoms with Crippen LogP contribution in [0.4, 0.5) is 5.69 Å². The van der Waals surface area contributed by atoms with E-state index in [1.54, 1.807) is 20.4 Å². The highest BCUT2D eigenvalue weighted by Crippen LogP contribution is 2.29. The largest absolute Gasteiger partial charge is 0.491 e. The van der Waals surface area contributed by atoms with Gasteiger partial charge in [0.2, 0.25) is 5.91 Å². The number of nitrogens with two attached hydrogens (primary N) is 1. The second-order valence-corrected chi connectivity index (χ2v) is 8.73. The van der Waals surface area contributed by atoms with Gasteiger partial charge in [0.15, 0.2) is 0 Å². The third-order valence-electron chi connectivity index (χ3n) is 6.33. The highest BCUT2D eigenvalue weighted by molar-refractivity contribution is 5.92. The van der Waals surface area contributed by atoms with Crippen LogP contribution in [0, 0.1) is 0 Å². The molecule has 1 aliphatic rings. The number of carbonyl (C=O) groups is 1. The highest BCUT2D eigenvalue weighted by atomic mass is 16.5. The van der Waals surface area contributed by atoms with E-state index < -0.39 is 6.04 Å². The molecule has 1 atom stereocenters. The second kappa shape index (κ2) is 9.89. The van der Waals surface area contributed by atoms with Crippen molar-refractivity contribution in [3.8, 4) is 11.6 Å². The van der Waals surface area contributed by atoms with E-state index in [4.69, 9.17) is 20.2 Å². The van der Waals surface area contributed by atoms with Gasteiger partial charge in [0, 0.05) is 44.7 Å². The maximum Gasteiger partial charge on any atom is 0.239 e. The Labute approximate surface area is 204 Å². The zero-order chi connectivity index (χ0) is 24.4. The van der Waals surface area contributed by atoms with Crippen molar-refractivity contribution in [2.24, 2.45) is 5.73 Å². The van der Waals surface area contributed by atoms with Gasteiger partial charge >= 0.3 is 0 Å². The Bertz CT molecular complexity index is 1340. The van der Waals surface area contributed by atoms with Gasteiger partial charge in [-0.15, -0.1) is 0 Å². The molecule has 182 valence electrons. The number of carbonyl (C=O) groups excluding carboxylic acids is 1. The number of anilines is 1. The predicted octanol–water partition coefficient (Wildman–Crippen LogP) is 2.59. The summed E-state index contributed by atoms with van der Waals surface area (Å²) in [5, 5.41) is 1.07. The molecule has 0 aliphatic carbocycles. The number of fused-ring (bicyclic) bond motifs is 2. The topological polar surface area (TPSA) is 98.7 Å². The molecule has 2 aromatic carbocycles. The minimum Gasteiger partial charge on any atom is -0.491 e. The van der Waals surface area contributed by atoms with Gasteiger partial charge in [-0.3, -0.25) is 9.36 Å². The van der Waals surface area contributed by atoms with Gasteiger partial charge in [-0.25, -0.2) is 9.97 Å². The van der Waals surface area contributed by atoms with Crippen LogP contribution < -0.4 is 15.4 Å². The summed E-state index contributed by atoms with van der Waals surface area (Å²) in [4.78, 5) is 26.0. The Morgan fingerprint density at radius 1 is 1.09 bits per heavy atom. The Hall–Kier alpha value is -3.69. The first-order valence-corrected chi connectivity index (χ1v) is 11.8. The molecule has 3 heterocycles. The number of hydrogen-bond donors (Lipinski definition) is 1. The van der Waals surface area contributed by atoms with Gasteiger partial charge in [0.1, 0.15) is 24.5 Å². The summed E-state index contributed by atoms with van der Waals surface area (Å²) in [6.45, 7) is 5.54. The van der Waals surface area contributed by atoms with Crippen molar-refractivity contribution < 1.29 is 14.3 Å². The molecule has 4 aromatic rings. The third kappa shape index (κ3) is 4.65. The first kappa shape index (κ1) is 23.1. The van der Waals surface area contributed by atoms with E-state index in [1.165, 1.54) is 0 Å². The molecule has 0 bridgehead atoms. The summed E-state index contributed by atoms with van der Waals surface area (Å²) in [6, 6.07) is 15.7. The molecule has 1 fully saturated rings. The van der Waals surface area contributed by atoms with Crippen molar-refractivity contribution in [2.45, 2.75) is 13.0 Å². The number of amides is 1. The SMILES string of the molecule is COCCOc1ccc2c(c1)ncn2-c1ccc2cccc(N3CCN(C(=O)[C@H](C)N)CC3)c2n1. The van der Waals surface area contributed by atoms with Crippen LogP contribution in [0.25, 0.3) is 27.8 Å². The summed E-state index contributed by atoms with van der Waals surface area (Å²) in [5.74, 6) is 1.56. The van der Waals surface area contributed by atoms with E-state index in [9.17, 15) is 4.79 Å². The number of benzene rings is 2.